The number of hydrogen-bond acceptors (Lipinski definition) is 6. The van der Waals surface area contributed by atoms with Crippen molar-refractivity contribution in [1.29, 1.82) is 0 Å². The minimum absolute atomic E-state index is 0.393. The van der Waals surface area contributed by atoms with Gasteiger partial charge in [-0.1, -0.05) is 12.1 Å². The molecule has 2 aromatic heterocycles. The molecule has 5 nitrogen and oxygen atoms in total. The largest absolute Gasteiger partial charge is 0.477 e. The maximum absolute atomic E-state index is 5.20. The van der Waals surface area contributed by atoms with Crippen LogP contribution in [-0.2, 0) is 5.75 Å². The molecule has 1 aromatic carbocycles. The maximum atomic E-state index is 5.20. The third kappa shape index (κ3) is 3.12. The van der Waals surface area contributed by atoms with Gasteiger partial charge in [-0.25, -0.2) is 15.0 Å². The minimum Gasteiger partial charge on any atom is -0.477 e. The Balaban J connectivity index is 1.86. The minimum atomic E-state index is 0.393. The molecule has 0 N–H and O–H groups in total. The lowest BCUT2D eigenvalue weighted by atomic mass is 10.2. The van der Waals surface area contributed by atoms with Gasteiger partial charge in [0.2, 0.25) is 0 Å². The quantitative estimate of drug-likeness (QED) is 0.673. The smallest absolute Gasteiger partial charge is 0.278 e. The number of pyridine rings is 1. The highest BCUT2D eigenvalue weighted by Gasteiger charge is 2.10. The summed E-state index contributed by atoms with van der Waals surface area (Å²) < 4.78 is 10.4. The van der Waals surface area contributed by atoms with Crippen LogP contribution in [0.15, 0.2) is 47.6 Å². The second kappa shape index (κ2) is 6.62. The number of benzene rings is 1. The van der Waals surface area contributed by atoms with Gasteiger partial charge in [0.25, 0.3) is 11.8 Å². The fourth-order valence-electron chi connectivity index (χ4n) is 2.01. The predicted octanol–water partition coefficient (Wildman–Crippen LogP) is 3.33. The Labute approximate surface area is 132 Å². The summed E-state index contributed by atoms with van der Waals surface area (Å²) in [5.74, 6) is 1.61. The Morgan fingerprint density at radius 3 is 2.41 bits per heavy atom. The van der Waals surface area contributed by atoms with E-state index in [1.807, 2.05) is 36.4 Å². The fourth-order valence-corrected chi connectivity index (χ4v) is 2.82. The molecule has 0 aliphatic carbocycles. The normalized spacial score (nSPS) is 10.6. The van der Waals surface area contributed by atoms with E-state index in [9.17, 15) is 0 Å². The van der Waals surface area contributed by atoms with Gasteiger partial charge in [-0.15, -0.1) is 11.8 Å². The zero-order valence-electron chi connectivity index (χ0n) is 12.3. The van der Waals surface area contributed by atoms with Crippen LogP contribution in [0.1, 0.15) is 5.56 Å². The average Bonchev–Trinajstić information content (AvgIpc) is 2.59. The van der Waals surface area contributed by atoms with Crippen molar-refractivity contribution in [2.24, 2.45) is 0 Å². The van der Waals surface area contributed by atoms with Crippen LogP contribution in [0.5, 0.6) is 11.8 Å². The molecular weight excluding hydrogens is 298 g/mol. The van der Waals surface area contributed by atoms with Crippen LogP contribution < -0.4 is 9.47 Å². The Kier molecular flexibility index (Phi) is 4.39. The monoisotopic (exact) mass is 313 g/mol. The van der Waals surface area contributed by atoms with Gasteiger partial charge < -0.3 is 9.47 Å². The van der Waals surface area contributed by atoms with Crippen LogP contribution in [-0.4, -0.2) is 29.2 Å². The molecule has 0 bridgehead atoms. The molecule has 0 saturated carbocycles. The summed E-state index contributed by atoms with van der Waals surface area (Å²) in [4.78, 5) is 13.1. The third-order valence-corrected chi connectivity index (χ3v) is 4.09. The van der Waals surface area contributed by atoms with Crippen molar-refractivity contribution in [3.63, 3.8) is 0 Å². The van der Waals surface area contributed by atoms with Gasteiger partial charge in [-0.3, -0.25) is 0 Å². The Morgan fingerprint density at radius 1 is 0.955 bits per heavy atom. The van der Waals surface area contributed by atoms with Gasteiger partial charge in [-0.2, -0.15) is 0 Å². The highest BCUT2D eigenvalue weighted by atomic mass is 32.2. The summed E-state index contributed by atoms with van der Waals surface area (Å²) in [6.45, 7) is 0. The first kappa shape index (κ1) is 14.6. The first-order chi connectivity index (χ1) is 10.8. The molecule has 0 aliphatic rings. The van der Waals surface area contributed by atoms with Gasteiger partial charge >= 0.3 is 0 Å². The maximum Gasteiger partial charge on any atom is 0.278 e. The van der Waals surface area contributed by atoms with Gasteiger partial charge in [0, 0.05) is 11.9 Å². The van der Waals surface area contributed by atoms with Crippen molar-refractivity contribution in [2.45, 2.75) is 10.8 Å². The van der Waals surface area contributed by atoms with Crippen LogP contribution in [0.4, 0.5) is 0 Å². The van der Waals surface area contributed by atoms with E-state index in [2.05, 4.69) is 15.0 Å². The predicted molar refractivity (Wildman–Crippen MR) is 86.4 cm³/mol. The molecule has 6 heteroatoms. The highest BCUT2D eigenvalue weighted by Crippen LogP contribution is 2.27. The Hall–Kier alpha value is -2.34. The van der Waals surface area contributed by atoms with Crippen molar-refractivity contribution >= 4 is 22.8 Å². The van der Waals surface area contributed by atoms with Gasteiger partial charge in [0.15, 0.2) is 0 Å². The number of nitrogens with zero attached hydrogens (tertiary/aromatic N) is 3. The van der Waals surface area contributed by atoms with Gasteiger partial charge in [0.1, 0.15) is 0 Å². The van der Waals surface area contributed by atoms with E-state index in [-0.39, 0.29) is 0 Å². The summed E-state index contributed by atoms with van der Waals surface area (Å²) in [5, 5.41) is 1.00. The number of methoxy groups -OCH3 is 2. The van der Waals surface area contributed by atoms with Crippen molar-refractivity contribution in [3.8, 4) is 11.8 Å². The number of rotatable bonds is 5. The van der Waals surface area contributed by atoms with Crippen LogP contribution in [0, 0.1) is 0 Å². The molecule has 0 saturated heterocycles. The average molecular weight is 313 g/mol. The van der Waals surface area contributed by atoms with E-state index in [1.165, 1.54) is 0 Å². The van der Waals surface area contributed by atoms with Crippen molar-refractivity contribution < 1.29 is 9.47 Å². The van der Waals surface area contributed by atoms with Crippen molar-refractivity contribution in [2.75, 3.05) is 14.2 Å². The number of aromatic nitrogens is 3. The summed E-state index contributed by atoms with van der Waals surface area (Å²) in [7, 11) is 3.11. The van der Waals surface area contributed by atoms with E-state index in [0.29, 0.717) is 11.8 Å². The zero-order valence-corrected chi connectivity index (χ0v) is 13.1. The topological polar surface area (TPSA) is 57.1 Å². The summed E-state index contributed by atoms with van der Waals surface area (Å²) in [6, 6.07) is 11.9. The molecule has 3 rings (SSSR count). The summed E-state index contributed by atoms with van der Waals surface area (Å²) >= 11 is 1.68. The standard InChI is InChI=1S/C16H15N3O2S/c1-20-15-16(21-2)19-13-9-11(6-7-12(13)18-15)10-22-14-5-3-4-8-17-14/h3-9H,10H2,1-2H3. The lowest BCUT2D eigenvalue weighted by Gasteiger charge is -2.08. The van der Waals surface area contributed by atoms with Gasteiger partial charge in [-0.05, 0) is 29.8 Å². The first-order valence-corrected chi connectivity index (χ1v) is 7.71. The van der Waals surface area contributed by atoms with Crippen molar-refractivity contribution in [1.82, 2.24) is 15.0 Å². The fraction of sp³-hybridized carbons (Fsp3) is 0.188. The Morgan fingerprint density at radius 2 is 1.73 bits per heavy atom. The summed E-state index contributed by atoms with van der Waals surface area (Å²) in [6.07, 6.45) is 1.80. The van der Waals surface area contributed by atoms with E-state index >= 15 is 0 Å². The first-order valence-electron chi connectivity index (χ1n) is 6.72. The van der Waals surface area contributed by atoms with Crippen molar-refractivity contribution in [3.05, 3.63) is 48.2 Å². The second-order valence-corrected chi connectivity index (χ2v) is 5.52. The van der Waals surface area contributed by atoms with Crippen LogP contribution >= 0.6 is 11.8 Å². The van der Waals surface area contributed by atoms with E-state index in [0.717, 1.165) is 27.4 Å². The molecule has 0 radical (unpaired) electrons. The number of hydrogen-bond donors (Lipinski definition) is 0. The molecule has 0 aliphatic heterocycles. The highest BCUT2D eigenvalue weighted by molar-refractivity contribution is 7.98. The van der Waals surface area contributed by atoms with Crippen LogP contribution in [0.25, 0.3) is 11.0 Å². The number of thioether (sulfide) groups is 1. The molecule has 22 heavy (non-hydrogen) atoms. The van der Waals surface area contributed by atoms with E-state index in [1.54, 1.807) is 32.2 Å². The van der Waals surface area contributed by atoms with E-state index < -0.39 is 0 Å². The molecule has 0 atom stereocenters. The molecule has 112 valence electrons. The lowest BCUT2D eigenvalue weighted by Crippen LogP contribution is -1.97. The molecule has 0 spiro atoms. The molecule has 0 amide bonds. The molecule has 3 aromatic rings. The molecule has 0 fully saturated rings. The lowest BCUT2D eigenvalue weighted by molar-refractivity contribution is 0.334. The molecular formula is C16H15N3O2S. The number of fused-ring (bicyclic) bond motifs is 1. The van der Waals surface area contributed by atoms with Crippen LogP contribution in [0.2, 0.25) is 0 Å². The second-order valence-electron chi connectivity index (χ2n) is 4.52. The molecule has 2 heterocycles. The number of ether oxygens (including phenoxy) is 2. The summed E-state index contributed by atoms with van der Waals surface area (Å²) in [5.41, 5.74) is 2.73. The molecule has 0 unspecified atom stereocenters. The van der Waals surface area contributed by atoms with Crippen LogP contribution in [0.3, 0.4) is 0 Å². The van der Waals surface area contributed by atoms with Gasteiger partial charge in [0.05, 0.1) is 30.3 Å². The third-order valence-electron chi connectivity index (χ3n) is 3.08. The zero-order chi connectivity index (χ0) is 15.4. The van der Waals surface area contributed by atoms with E-state index in [4.69, 9.17) is 9.47 Å². The Bertz CT molecular complexity index is 781. The SMILES string of the molecule is COc1nc2ccc(CSc3ccccn3)cc2nc1OC.